The highest BCUT2D eigenvalue weighted by atomic mass is 32.2. The van der Waals surface area contributed by atoms with Gasteiger partial charge in [0.2, 0.25) is 21.8 Å². The number of benzene rings is 3. The molecule has 12 heteroatoms. The lowest BCUT2D eigenvalue weighted by Gasteiger charge is -2.29. The van der Waals surface area contributed by atoms with Gasteiger partial charge in [-0.25, -0.2) is 22.7 Å². The molecule has 1 fully saturated rings. The Morgan fingerprint density at radius 1 is 1.03 bits per heavy atom. The first-order valence-electron chi connectivity index (χ1n) is 11.9. The molecule has 202 valence electrons. The number of para-hydroxylation sites is 2. The lowest BCUT2D eigenvalue weighted by atomic mass is 10.2. The van der Waals surface area contributed by atoms with Gasteiger partial charge in [0, 0.05) is 19.8 Å². The van der Waals surface area contributed by atoms with Crippen molar-refractivity contribution in [3.8, 4) is 11.5 Å². The fourth-order valence-electron chi connectivity index (χ4n) is 4.39. The van der Waals surface area contributed by atoms with E-state index in [1.54, 1.807) is 30.3 Å². The van der Waals surface area contributed by atoms with Crippen LogP contribution in [-0.4, -0.2) is 62.6 Å². The zero-order valence-electron chi connectivity index (χ0n) is 21.0. The van der Waals surface area contributed by atoms with Crippen molar-refractivity contribution < 1.29 is 36.3 Å². The summed E-state index contributed by atoms with van der Waals surface area (Å²) < 4.78 is 57.6. The molecule has 1 unspecified atom stereocenters. The van der Waals surface area contributed by atoms with E-state index in [0.717, 1.165) is 33.5 Å². The van der Waals surface area contributed by atoms with Crippen LogP contribution in [0.5, 0.6) is 0 Å². The van der Waals surface area contributed by atoms with Crippen LogP contribution in [0, 0.1) is 5.82 Å². The summed E-state index contributed by atoms with van der Waals surface area (Å²) in [6, 6.07) is 16.6. The van der Waals surface area contributed by atoms with Gasteiger partial charge in [0.15, 0.2) is 11.9 Å². The number of amides is 2. The van der Waals surface area contributed by atoms with Crippen LogP contribution in [0.25, 0.3) is 22.6 Å². The van der Waals surface area contributed by atoms with E-state index >= 15 is 0 Å². The van der Waals surface area contributed by atoms with Crippen molar-refractivity contribution in [1.29, 1.82) is 0 Å². The Morgan fingerprint density at radius 2 is 1.69 bits per heavy atom. The van der Waals surface area contributed by atoms with Crippen molar-refractivity contribution in [2.24, 2.45) is 0 Å². The lowest BCUT2D eigenvalue weighted by Crippen LogP contribution is -2.49. The molecule has 3 aromatic carbocycles. The summed E-state index contributed by atoms with van der Waals surface area (Å²) in [6.07, 6.45) is -1.42. The maximum absolute atomic E-state index is 13.6. The molecule has 2 heterocycles. The topological polar surface area (TPSA) is 119 Å². The van der Waals surface area contributed by atoms with Crippen molar-refractivity contribution in [3.63, 3.8) is 0 Å². The maximum Gasteiger partial charge on any atom is 0.252 e. The van der Waals surface area contributed by atoms with Crippen molar-refractivity contribution in [2.45, 2.75) is 23.6 Å². The quantitative estimate of drug-likeness (QED) is 0.228. The molecule has 0 aliphatic carbocycles. The summed E-state index contributed by atoms with van der Waals surface area (Å²) in [6.45, 7) is -0.374. The summed E-state index contributed by atoms with van der Waals surface area (Å²) in [5, 5.41) is 0. The average molecular weight is 554 g/mol. The number of nitrogens with zero attached hydrogens (tertiary/aromatic N) is 3. The fraction of sp³-hybridized carbons (Fsp3) is 0.222. The highest BCUT2D eigenvalue weighted by Gasteiger charge is 2.47. The Bertz CT molecular complexity index is 1580. The Hall–Kier alpha value is -3.97. The van der Waals surface area contributed by atoms with Gasteiger partial charge in [0.05, 0.1) is 23.5 Å². The van der Waals surface area contributed by atoms with Crippen molar-refractivity contribution in [2.75, 3.05) is 25.7 Å². The molecule has 1 saturated heterocycles. The number of hydrogen-bond acceptors (Lipinski definition) is 8. The number of carbonyl (C=O) groups is 2. The Balaban J connectivity index is 1.45. The van der Waals surface area contributed by atoms with E-state index in [0.29, 0.717) is 22.6 Å². The molecular weight excluding hydrogens is 529 g/mol. The van der Waals surface area contributed by atoms with Crippen LogP contribution in [0.15, 0.2) is 82.1 Å². The summed E-state index contributed by atoms with van der Waals surface area (Å²) >= 11 is 0. The molecule has 10 nitrogen and oxygen atoms in total. The Kier molecular flexibility index (Phi) is 7.28. The van der Waals surface area contributed by atoms with Gasteiger partial charge in [-0.3, -0.25) is 9.59 Å². The number of oxazole rings is 1. The number of hydrogen-bond donors (Lipinski definition) is 0. The third-order valence-electron chi connectivity index (χ3n) is 6.41. The molecule has 0 bridgehead atoms. The molecule has 2 amide bonds. The van der Waals surface area contributed by atoms with Crippen molar-refractivity contribution in [3.05, 3.63) is 78.6 Å². The Morgan fingerprint density at radius 3 is 2.33 bits per heavy atom. The minimum absolute atomic E-state index is 0.240. The maximum atomic E-state index is 13.6. The van der Waals surface area contributed by atoms with Crippen LogP contribution in [0.3, 0.4) is 0 Å². The first-order valence-corrected chi connectivity index (χ1v) is 13.3. The number of imide groups is 1. The Labute approximate surface area is 223 Å². The predicted molar refractivity (Wildman–Crippen MR) is 138 cm³/mol. The predicted octanol–water partition coefficient (Wildman–Crippen LogP) is 3.58. The minimum atomic E-state index is -4.35. The van der Waals surface area contributed by atoms with E-state index < -0.39 is 46.4 Å². The molecule has 1 aliphatic rings. The second-order valence-corrected chi connectivity index (χ2v) is 10.6. The van der Waals surface area contributed by atoms with Gasteiger partial charge < -0.3 is 13.9 Å². The molecule has 1 aromatic heterocycles. The van der Waals surface area contributed by atoms with Crippen molar-refractivity contribution in [1.82, 2.24) is 9.29 Å². The van der Waals surface area contributed by atoms with Crippen molar-refractivity contribution >= 4 is 38.6 Å². The number of halogens is 1. The molecule has 0 N–H and O–H groups in total. The number of aromatic nitrogens is 1. The van der Waals surface area contributed by atoms with Crippen LogP contribution in [-0.2, 0) is 29.1 Å². The fourth-order valence-corrected chi connectivity index (χ4v) is 5.96. The first kappa shape index (κ1) is 26.6. The SMILES string of the molecule is COC(CN(C1CC(=O)N(c2ccc(-c3nc4ccccc4o3)cc2)C1=O)S(=O)(=O)c1ccc(F)cc1)OC. The van der Waals surface area contributed by atoms with E-state index in [4.69, 9.17) is 13.9 Å². The zero-order valence-corrected chi connectivity index (χ0v) is 21.8. The molecule has 0 spiro atoms. The number of fused-ring (bicyclic) bond motifs is 1. The van der Waals surface area contributed by atoms with Gasteiger partial charge in [-0.15, -0.1) is 0 Å². The monoisotopic (exact) mass is 553 g/mol. The van der Waals surface area contributed by atoms with Gasteiger partial charge in [-0.1, -0.05) is 12.1 Å². The highest BCUT2D eigenvalue weighted by Crippen LogP contribution is 2.32. The van der Waals surface area contributed by atoms with Gasteiger partial charge in [-0.05, 0) is 60.7 Å². The molecule has 1 aliphatic heterocycles. The summed E-state index contributed by atoms with van der Waals surface area (Å²) in [4.78, 5) is 31.7. The van der Waals surface area contributed by atoms with Gasteiger partial charge in [0.1, 0.15) is 17.4 Å². The first-order chi connectivity index (χ1) is 18.7. The van der Waals surface area contributed by atoms with E-state index in [-0.39, 0.29) is 17.1 Å². The molecule has 1 atom stereocenters. The largest absolute Gasteiger partial charge is 0.436 e. The van der Waals surface area contributed by atoms with Crippen LogP contribution in [0.4, 0.5) is 10.1 Å². The van der Waals surface area contributed by atoms with Crippen LogP contribution in [0.2, 0.25) is 0 Å². The van der Waals surface area contributed by atoms with E-state index in [1.165, 1.54) is 14.2 Å². The summed E-state index contributed by atoms with van der Waals surface area (Å²) in [5.74, 6) is -1.55. The second kappa shape index (κ2) is 10.7. The lowest BCUT2D eigenvalue weighted by molar-refractivity contribution is -0.125. The standard InChI is InChI=1S/C27H24FN3O7S/c1-36-25(37-2)16-30(39(34,35)20-13-9-18(28)10-14-20)22-15-24(32)31(27(22)33)19-11-7-17(8-12-19)26-29-21-5-3-4-6-23(21)38-26/h3-14,22,25H,15-16H2,1-2H3. The number of sulfonamides is 1. The van der Waals surface area contributed by atoms with E-state index in [1.807, 2.05) is 18.2 Å². The third kappa shape index (κ3) is 5.06. The normalized spacial score (nSPS) is 16.2. The van der Waals surface area contributed by atoms with Gasteiger partial charge in [-0.2, -0.15) is 4.31 Å². The second-order valence-electron chi connectivity index (χ2n) is 8.75. The number of carbonyl (C=O) groups excluding carboxylic acids is 2. The van der Waals surface area contributed by atoms with Gasteiger partial charge in [0.25, 0.3) is 5.91 Å². The van der Waals surface area contributed by atoms with E-state index in [9.17, 15) is 22.4 Å². The van der Waals surface area contributed by atoms with Crippen LogP contribution >= 0.6 is 0 Å². The molecule has 4 aromatic rings. The van der Waals surface area contributed by atoms with Crippen LogP contribution < -0.4 is 4.90 Å². The van der Waals surface area contributed by atoms with Crippen LogP contribution in [0.1, 0.15) is 6.42 Å². The number of ether oxygens (including phenoxy) is 2. The molecule has 0 saturated carbocycles. The molecule has 0 radical (unpaired) electrons. The number of methoxy groups -OCH3 is 2. The summed E-state index contributed by atoms with van der Waals surface area (Å²) in [5.41, 5.74) is 2.21. The average Bonchev–Trinajstić information content (AvgIpc) is 3.50. The van der Waals surface area contributed by atoms with E-state index in [2.05, 4.69) is 4.98 Å². The number of anilines is 1. The zero-order chi connectivity index (χ0) is 27.7. The van der Waals surface area contributed by atoms with Gasteiger partial charge >= 0.3 is 0 Å². The molecular formula is C27H24FN3O7S. The smallest absolute Gasteiger partial charge is 0.252 e. The third-order valence-corrected chi connectivity index (χ3v) is 8.30. The number of rotatable bonds is 9. The minimum Gasteiger partial charge on any atom is -0.436 e. The molecule has 39 heavy (non-hydrogen) atoms. The highest BCUT2D eigenvalue weighted by molar-refractivity contribution is 7.89. The molecule has 5 rings (SSSR count). The summed E-state index contributed by atoms with van der Waals surface area (Å²) in [7, 11) is -1.70.